The molecule has 1 unspecified atom stereocenters. The molecule has 1 amide bonds. The minimum atomic E-state index is -5.18. The van der Waals surface area contributed by atoms with Gasteiger partial charge >= 0.3 is 12.1 Å². The monoisotopic (exact) mass is 568 g/mol. The van der Waals surface area contributed by atoms with Crippen LogP contribution < -0.4 is 10.5 Å². The Balaban J connectivity index is 1.65. The largest absolute Gasteiger partial charge is 0.493 e. The van der Waals surface area contributed by atoms with Crippen LogP contribution in [0.3, 0.4) is 0 Å². The number of likely N-dealkylation sites (tertiary alicyclic amines) is 1. The molecule has 0 bridgehead atoms. The number of halogens is 4. The lowest BCUT2D eigenvalue weighted by Gasteiger charge is -2.42. The van der Waals surface area contributed by atoms with E-state index in [1.54, 1.807) is 4.68 Å². The molecule has 1 saturated heterocycles. The number of nitrogens with two attached hydrogens (primary N) is 1. The number of rotatable bonds is 7. The number of esters is 1. The van der Waals surface area contributed by atoms with Crippen LogP contribution in [-0.2, 0) is 14.3 Å². The Bertz CT molecular complexity index is 1440. The second kappa shape index (κ2) is 10.5. The SMILES string of the molecule is CCOc1c(C(C)n2nc(C)c3c(N)ncnc32)cc(Cl)c(C)c1C1CN(C(=O)[C@H](C)OC(=O)C(F)(F)F)C1. The first-order chi connectivity index (χ1) is 18.3. The third kappa shape index (κ3) is 5.19. The van der Waals surface area contributed by atoms with Crippen LogP contribution in [0, 0.1) is 13.8 Å². The maximum Gasteiger partial charge on any atom is 0.490 e. The van der Waals surface area contributed by atoms with Gasteiger partial charge in [0, 0.05) is 35.2 Å². The molecule has 2 N–H and O–H groups in total. The number of aromatic nitrogens is 4. The van der Waals surface area contributed by atoms with Crippen LogP contribution >= 0.6 is 11.6 Å². The van der Waals surface area contributed by atoms with Crippen molar-refractivity contribution >= 4 is 40.3 Å². The van der Waals surface area contributed by atoms with Crippen LogP contribution in [0.25, 0.3) is 11.0 Å². The molecular weight excluding hydrogens is 541 g/mol. The summed E-state index contributed by atoms with van der Waals surface area (Å²) in [7, 11) is 0. The zero-order valence-electron chi connectivity index (χ0n) is 22.0. The van der Waals surface area contributed by atoms with E-state index in [-0.39, 0.29) is 25.0 Å². The number of nitrogen functional groups attached to an aromatic ring is 1. The first-order valence-electron chi connectivity index (χ1n) is 12.2. The molecule has 10 nitrogen and oxygen atoms in total. The molecule has 2 atom stereocenters. The van der Waals surface area contributed by atoms with E-state index in [0.717, 1.165) is 23.6 Å². The normalized spacial score (nSPS) is 15.7. The number of benzene rings is 1. The Labute approximate surface area is 227 Å². The maximum absolute atomic E-state index is 12.6. The summed E-state index contributed by atoms with van der Waals surface area (Å²) in [5.41, 5.74) is 9.57. The van der Waals surface area contributed by atoms with Gasteiger partial charge in [-0.2, -0.15) is 18.3 Å². The molecule has 3 heterocycles. The highest BCUT2D eigenvalue weighted by Crippen LogP contribution is 2.44. The summed E-state index contributed by atoms with van der Waals surface area (Å²) < 4.78 is 49.8. The molecule has 1 aliphatic heterocycles. The fourth-order valence-electron chi connectivity index (χ4n) is 4.82. The molecule has 2 aromatic heterocycles. The Morgan fingerprint density at radius 2 is 1.90 bits per heavy atom. The van der Waals surface area contributed by atoms with Crippen LogP contribution in [0.2, 0.25) is 5.02 Å². The number of carbonyl (C=O) groups excluding carboxylic acids is 2. The minimum absolute atomic E-state index is 0.190. The number of ether oxygens (including phenoxy) is 2. The average Bonchev–Trinajstić information content (AvgIpc) is 3.18. The van der Waals surface area contributed by atoms with Crippen LogP contribution in [0.1, 0.15) is 55.1 Å². The summed E-state index contributed by atoms with van der Waals surface area (Å²) in [5.74, 6) is -2.43. The van der Waals surface area contributed by atoms with E-state index in [0.29, 0.717) is 39.9 Å². The minimum Gasteiger partial charge on any atom is -0.493 e. The first kappa shape index (κ1) is 28.4. The number of hydrogen-bond donors (Lipinski definition) is 1. The van der Waals surface area contributed by atoms with Crippen LogP contribution in [0.15, 0.2) is 12.4 Å². The first-order valence-corrected chi connectivity index (χ1v) is 12.6. The molecule has 0 radical (unpaired) electrons. The number of nitrogens with zero attached hydrogens (tertiary/aromatic N) is 5. The van der Waals surface area contributed by atoms with E-state index in [1.165, 1.54) is 11.2 Å². The molecule has 3 aromatic rings. The van der Waals surface area contributed by atoms with Gasteiger partial charge in [0.1, 0.15) is 17.9 Å². The Morgan fingerprint density at radius 3 is 2.51 bits per heavy atom. The highest BCUT2D eigenvalue weighted by atomic mass is 35.5. The van der Waals surface area contributed by atoms with Gasteiger partial charge in [-0.3, -0.25) is 4.79 Å². The highest BCUT2D eigenvalue weighted by molar-refractivity contribution is 6.31. The number of fused-ring (bicyclic) bond motifs is 1. The quantitative estimate of drug-likeness (QED) is 0.422. The summed E-state index contributed by atoms with van der Waals surface area (Å²) in [6, 6.07) is 1.43. The molecule has 39 heavy (non-hydrogen) atoms. The van der Waals surface area contributed by atoms with Gasteiger partial charge in [0.2, 0.25) is 0 Å². The molecular formula is C25H28ClF3N6O4. The van der Waals surface area contributed by atoms with E-state index in [9.17, 15) is 22.8 Å². The van der Waals surface area contributed by atoms with E-state index in [2.05, 4.69) is 19.8 Å². The lowest BCUT2D eigenvalue weighted by atomic mass is 9.85. The number of aryl methyl sites for hydroxylation is 1. The summed E-state index contributed by atoms with van der Waals surface area (Å²) in [6.45, 7) is 9.26. The molecule has 0 saturated carbocycles. The topological polar surface area (TPSA) is 125 Å². The van der Waals surface area contributed by atoms with Crippen LogP contribution in [0.5, 0.6) is 5.75 Å². The lowest BCUT2D eigenvalue weighted by molar-refractivity contribution is -0.206. The number of alkyl halides is 3. The second-order valence-corrected chi connectivity index (χ2v) is 9.80. The third-order valence-electron chi connectivity index (χ3n) is 6.81. The molecule has 1 aliphatic rings. The fraction of sp³-hybridized carbons (Fsp3) is 0.480. The maximum atomic E-state index is 12.6. The molecule has 4 rings (SSSR count). The van der Waals surface area contributed by atoms with Crippen molar-refractivity contribution in [2.45, 2.75) is 58.9 Å². The van der Waals surface area contributed by atoms with Gasteiger partial charge in [0.05, 0.1) is 23.7 Å². The second-order valence-electron chi connectivity index (χ2n) is 9.40. The van der Waals surface area contributed by atoms with E-state index in [1.807, 2.05) is 33.8 Å². The van der Waals surface area contributed by atoms with Gasteiger partial charge in [0.15, 0.2) is 11.8 Å². The number of hydrogen-bond acceptors (Lipinski definition) is 8. The van der Waals surface area contributed by atoms with Crippen molar-refractivity contribution < 1.29 is 32.2 Å². The summed E-state index contributed by atoms with van der Waals surface area (Å²) in [5, 5.41) is 5.77. The fourth-order valence-corrected chi connectivity index (χ4v) is 5.04. The van der Waals surface area contributed by atoms with Crippen molar-refractivity contribution in [1.82, 2.24) is 24.6 Å². The third-order valence-corrected chi connectivity index (χ3v) is 7.21. The van der Waals surface area contributed by atoms with Crippen LogP contribution in [-0.4, -0.2) is 68.5 Å². The van der Waals surface area contributed by atoms with E-state index >= 15 is 0 Å². The Kier molecular flexibility index (Phi) is 7.66. The van der Waals surface area contributed by atoms with Crippen molar-refractivity contribution in [1.29, 1.82) is 0 Å². The molecule has 14 heteroatoms. The predicted molar refractivity (Wildman–Crippen MR) is 137 cm³/mol. The number of amides is 1. The Morgan fingerprint density at radius 1 is 1.23 bits per heavy atom. The molecule has 0 aliphatic carbocycles. The van der Waals surface area contributed by atoms with Crippen molar-refractivity contribution in [3.05, 3.63) is 39.8 Å². The Hall–Kier alpha value is -3.61. The van der Waals surface area contributed by atoms with Gasteiger partial charge in [-0.25, -0.2) is 19.4 Å². The number of anilines is 1. The van der Waals surface area contributed by atoms with Gasteiger partial charge in [-0.15, -0.1) is 0 Å². The lowest BCUT2D eigenvalue weighted by Crippen LogP contribution is -2.53. The zero-order valence-corrected chi connectivity index (χ0v) is 22.7. The van der Waals surface area contributed by atoms with Gasteiger partial charge in [0.25, 0.3) is 5.91 Å². The highest BCUT2D eigenvalue weighted by Gasteiger charge is 2.44. The number of carbonyl (C=O) groups is 2. The van der Waals surface area contributed by atoms with Gasteiger partial charge in [-0.1, -0.05) is 11.6 Å². The smallest absolute Gasteiger partial charge is 0.490 e. The van der Waals surface area contributed by atoms with Crippen molar-refractivity contribution in [2.75, 3.05) is 25.4 Å². The zero-order chi connectivity index (χ0) is 28.8. The summed E-state index contributed by atoms with van der Waals surface area (Å²) in [6.07, 6.45) is -5.39. The van der Waals surface area contributed by atoms with Crippen molar-refractivity contribution in [3.8, 4) is 5.75 Å². The molecule has 210 valence electrons. The standard InChI is InChI=1S/C25H28ClF3N6O4/c1-6-38-20-16(13(4)35-22-19(12(3)33-35)21(30)31-10-32-22)7-17(26)11(2)18(20)15-8-34(9-15)23(36)14(5)39-24(37)25(27,28)29/h7,10,13-15H,6,8-9H2,1-5H3,(H2,30,31,32)/t13?,14-/m0/s1. The summed E-state index contributed by atoms with van der Waals surface area (Å²) in [4.78, 5) is 33.5. The molecule has 1 fully saturated rings. The van der Waals surface area contributed by atoms with Crippen molar-refractivity contribution in [3.63, 3.8) is 0 Å². The van der Waals surface area contributed by atoms with Gasteiger partial charge < -0.3 is 20.1 Å². The van der Waals surface area contributed by atoms with Crippen LogP contribution in [0.4, 0.5) is 19.0 Å². The average molecular weight is 569 g/mol. The summed E-state index contributed by atoms with van der Waals surface area (Å²) >= 11 is 6.67. The van der Waals surface area contributed by atoms with Gasteiger partial charge in [-0.05, 0) is 46.2 Å². The predicted octanol–water partition coefficient (Wildman–Crippen LogP) is 4.11. The van der Waals surface area contributed by atoms with E-state index in [4.69, 9.17) is 22.1 Å². The molecule has 1 aromatic carbocycles. The van der Waals surface area contributed by atoms with Crippen molar-refractivity contribution in [2.24, 2.45) is 0 Å². The van der Waals surface area contributed by atoms with E-state index < -0.39 is 24.2 Å². The molecule has 0 spiro atoms.